The molecule has 22 heavy (non-hydrogen) atoms. The number of aromatic nitrogens is 1. The SMILES string of the molecule is CC(=O)N(C)c1nc(CCc2cc(C)c(CCCO)s2)cs1. The molecule has 120 valence electrons. The summed E-state index contributed by atoms with van der Waals surface area (Å²) in [6, 6.07) is 2.24. The Morgan fingerprint density at radius 2 is 2.14 bits per heavy atom. The van der Waals surface area contributed by atoms with Gasteiger partial charge >= 0.3 is 0 Å². The van der Waals surface area contributed by atoms with E-state index in [1.54, 1.807) is 18.9 Å². The highest BCUT2D eigenvalue weighted by Crippen LogP contribution is 2.26. The monoisotopic (exact) mass is 338 g/mol. The van der Waals surface area contributed by atoms with Crippen LogP contribution in [0.5, 0.6) is 0 Å². The van der Waals surface area contributed by atoms with E-state index in [2.05, 4.69) is 18.0 Å². The maximum absolute atomic E-state index is 11.3. The molecule has 0 fully saturated rings. The summed E-state index contributed by atoms with van der Waals surface area (Å²) in [5.41, 5.74) is 2.36. The highest BCUT2D eigenvalue weighted by atomic mass is 32.1. The van der Waals surface area contributed by atoms with E-state index in [4.69, 9.17) is 5.11 Å². The van der Waals surface area contributed by atoms with E-state index in [1.165, 1.54) is 26.7 Å². The topological polar surface area (TPSA) is 53.4 Å². The zero-order valence-corrected chi connectivity index (χ0v) is 14.9. The van der Waals surface area contributed by atoms with Crippen LogP contribution in [0.1, 0.15) is 34.4 Å². The average molecular weight is 338 g/mol. The van der Waals surface area contributed by atoms with Gasteiger partial charge in [0.15, 0.2) is 5.13 Å². The Labute approximate surface area is 139 Å². The van der Waals surface area contributed by atoms with Crippen molar-refractivity contribution >= 4 is 33.7 Å². The van der Waals surface area contributed by atoms with Crippen LogP contribution < -0.4 is 4.90 Å². The summed E-state index contributed by atoms with van der Waals surface area (Å²) in [6.45, 7) is 3.93. The van der Waals surface area contributed by atoms with Gasteiger partial charge in [0.25, 0.3) is 0 Å². The van der Waals surface area contributed by atoms with Crippen molar-refractivity contribution in [3.63, 3.8) is 0 Å². The fourth-order valence-corrected chi connectivity index (χ4v) is 4.24. The summed E-state index contributed by atoms with van der Waals surface area (Å²) in [6.07, 6.45) is 3.64. The van der Waals surface area contributed by atoms with Crippen molar-refractivity contribution in [3.05, 3.63) is 32.5 Å². The summed E-state index contributed by atoms with van der Waals surface area (Å²) in [5.74, 6) is 0.00306. The van der Waals surface area contributed by atoms with Gasteiger partial charge in [0.05, 0.1) is 5.69 Å². The quantitative estimate of drug-likeness (QED) is 0.843. The van der Waals surface area contributed by atoms with Crippen molar-refractivity contribution in [2.24, 2.45) is 0 Å². The molecule has 2 aromatic heterocycles. The second-order valence-electron chi connectivity index (χ2n) is 5.35. The highest BCUT2D eigenvalue weighted by molar-refractivity contribution is 7.14. The molecule has 0 atom stereocenters. The number of thiophene rings is 1. The molecule has 0 aliphatic rings. The molecule has 2 aromatic rings. The zero-order valence-electron chi connectivity index (χ0n) is 13.3. The maximum Gasteiger partial charge on any atom is 0.225 e. The average Bonchev–Trinajstić information content (AvgIpc) is 3.09. The second kappa shape index (κ2) is 7.85. The van der Waals surface area contributed by atoms with Gasteiger partial charge in [-0.1, -0.05) is 0 Å². The molecule has 1 amide bonds. The predicted molar refractivity (Wildman–Crippen MR) is 93.1 cm³/mol. The summed E-state index contributed by atoms with van der Waals surface area (Å²) >= 11 is 3.35. The molecule has 6 heteroatoms. The molecule has 0 bridgehead atoms. The molecule has 0 radical (unpaired) electrons. The van der Waals surface area contributed by atoms with E-state index < -0.39 is 0 Å². The molecule has 2 heterocycles. The Hall–Kier alpha value is -1.24. The Bertz CT molecular complexity index is 634. The minimum Gasteiger partial charge on any atom is -0.396 e. The first kappa shape index (κ1) is 17.1. The van der Waals surface area contributed by atoms with E-state index in [0.717, 1.165) is 36.5 Å². The fraction of sp³-hybridized carbons (Fsp3) is 0.500. The summed E-state index contributed by atoms with van der Waals surface area (Å²) in [7, 11) is 1.75. The molecule has 2 rings (SSSR count). The van der Waals surface area contributed by atoms with Crippen LogP contribution >= 0.6 is 22.7 Å². The van der Waals surface area contributed by atoms with Gasteiger partial charge in [0.2, 0.25) is 5.91 Å². The van der Waals surface area contributed by atoms with Gasteiger partial charge in [0.1, 0.15) is 0 Å². The number of aliphatic hydroxyl groups excluding tert-OH is 1. The number of hydrogen-bond acceptors (Lipinski definition) is 5. The van der Waals surface area contributed by atoms with Gasteiger partial charge in [-0.05, 0) is 44.2 Å². The van der Waals surface area contributed by atoms with Crippen LogP contribution in [-0.2, 0) is 24.1 Å². The standard InChI is InChI=1S/C16H22N2O2S2/c1-11-9-14(22-15(11)5-4-8-19)7-6-13-10-21-16(17-13)18(3)12(2)20/h9-10,19H,4-8H2,1-3H3. The van der Waals surface area contributed by atoms with Crippen molar-refractivity contribution in [2.45, 2.75) is 39.5 Å². The number of nitrogens with zero attached hydrogens (tertiary/aromatic N) is 2. The smallest absolute Gasteiger partial charge is 0.225 e. The Kier molecular flexibility index (Phi) is 6.11. The van der Waals surface area contributed by atoms with E-state index in [9.17, 15) is 4.79 Å². The third kappa shape index (κ3) is 4.38. The minimum absolute atomic E-state index is 0.00306. The van der Waals surface area contributed by atoms with E-state index >= 15 is 0 Å². The number of aliphatic hydroxyl groups is 1. The molecule has 1 N–H and O–H groups in total. The van der Waals surface area contributed by atoms with Crippen molar-refractivity contribution in [3.8, 4) is 0 Å². The lowest BCUT2D eigenvalue weighted by atomic mass is 10.1. The zero-order chi connectivity index (χ0) is 16.1. The van der Waals surface area contributed by atoms with Crippen molar-refractivity contribution in [2.75, 3.05) is 18.6 Å². The number of amides is 1. The normalized spacial score (nSPS) is 10.9. The largest absolute Gasteiger partial charge is 0.396 e. The molecule has 0 spiro atoms. The van der Waals surface area contributed by atoms with Crippen LogP contribution in [0.2, 0.25) is 0 Å². The fourth-order valence-electron chi connectivity index (χ4n) is 2.15. The Morgan fingerprint density at radius 3 is 2.82 bits per heavy atom. The first-order valence-corrected chi connectivity index (χ1v) is 9.08. The molecular weight excluding hydrogens is 316 g/mol. The van der Waals surface area contributed by atoms with Gasteiger partial charge in [-0.15, -0.1) is 22.7 Å². The molecule has 0 aliphatic carbocycles. The number of carbonyl (C=O) groups is 1. The van der Waals surface area contributed by atoms with Gasteiger partial charge in [-0.2, -0.15) is 0 Å². The number of thiazole rings is 1. The van der Waals surface area contributed by atoms with Crippen LogP contribution in [-0.4, -0.2) is 29.7 Å². The molecule has 0 aromatic carbocycles. The van der Waals surface area contributed by atoms with E-state index in [-0.39, 0.29) is 12.5 Å². The third-order valence-corrected chi connectivity index (χ3v) is 5.88. The van der Waals surface area contributed by atoms with E-state index in [0.29, 0.717) is 0 Å². The van der Waals surface area contributed by atoms with Crippen LogP contribution in [0.4, 0.5) is 5.13 Å². The summed E-state index contributed by atoms with van der Waals surface area (Å²) in [4.78, 5) is 20.2. The molecule has 0 saturated heterocycles. The van der Waals surface area contributed by atoms with E-state index in [1.807, 2.05) is 16.7 Å². The molecular formula is C16H22N2O2S2. The van der Waals surface area contributed by atoms with Crippen LogP contribution in [0.15, 0.2) is 11.4 Å². The highest BCUT2D eigenvalue weighted by Gasteiger charge is 2.11. The summed E-state index contributed by atoms with van der Waals surface area (Å²) in [5, 5.41) is 11.7. The van der Waals surface area contributed by atoms with Crippen molar-refractivity contribution in [1.82, 2.24) is 4.98 Å². The first-order chi connectivity index (χ1) is 10.5. The molecule has 0 aliphatic heterocycles. The van der Waals surface area contributed by atoms with Crippen LogP contribution in [0.3, 0.4) is 0 Å². The van der Waals surface area contributed by atoms with Crippen LogP contribution in [0, 0.1) is 6.92 Å². The lowest BCUT2D eigenvalue weighted by Crippen LogP contribution is -2.22. The number of rotatable bonds is 7. The number of aryl methyl sites for hydroxylation is 4. The third-order valence-electron chi connectivity index (χ3n) is 3.56. The number of hydrogen-bond donors (Lipinski definition) is 1. The first-order valence-electron chi connectivity index (χ1n) is 7.39. The second-order valence-corrected chi connectivity index (χ2v) is 7.40. The number of carbonyl (C=O) groups excluding carboxylic acids is 1. The lowest BCUT2D eigenvalue weighted by molar-refractivity contribution is -0.116. The van der Waals surface area contributed by atoms with Gasteiger partial charge in [-0.25, -0.2) is 4.98 Å². The predicted octanol–water partition coefficient (Wildman–Crippen LogP) is 3.21. The van der Waals surface area contributed by atoms with Gasteiger partial charge in [-0.3, -0.25) is 9.69 Å². The molecule has 4 nitrogen and oxygen atoms in total. The Balaban J connectivity index is 1.94. The molecule has 0 saturated carbocycles. The molecule has 0 unspecified atom stereocenters. The summed E-state index contributed by atoms with van der Waals surface area (Å²) < 4.78 is 0. The number of anilines is 1. The van der Waals surface area contributed by atoms with Crippen molar-refractivity contribution in [1.29, 1.82) is 0 Å². The lowest BCUT2D eigenvalue weighted by Gasteiger charge is -2.09. The van der Waals surface area contributed by atoms with Gasteiger partial charge < -0.3 is 5.11 Å². The van der Waals surface area contributed by atoms with Crippen molar-refractivity contribution < 1.29 is 9.90 Å². The Morgan fingerprint density at radius 1 is 1.36 bits per heavy atom. The van der Waals surface area contributed by atoms with Gasteiger partial charge in [0, 0.05) is 35.7 Å². The van der Waals surface area contributed by atoms with Crippen LogP contribution in [0.25, 0.3) is 0 Å². The maximum atomic E-state index is 11.3. The minimum atomic E-state index is 0.00306.